The lowest BCUT2D eigenvalue weighted by Gasteiger charge is -2.32. The summed E-state index contributed by atoms with van der Waals surface area (Å²) >= 11 is 0. The maximum atomic E-state index is 5.71. The largest absolute Gasteiger partial charge is 0.495 e. The Bertz CT molecular complexity index is 435. The minimum Gasteiger partial charge on any atom is -0.495 e. The molecule has 2 heteroatoms. The number of hydrogen-bond acceptors (Lipinski definition) is 1. The third-order valence-corrected chi connectivity index (χ3v) is 5.14. The van der Waals surface area contributed by atoms with Gasteiger partial charge in [-0.3, -0.25) is 0 Å². The van der Waals surface area contributed by atoms with E-state index < -0.39 is 0 Å². The van der Waals surface area contributed by atoms with Gasteiger partial charge in [-0.15, -0.1) is 0 Å². The van der Waals surface area contributed by atoms with Crippen LogP contribution in [-0.2, 0) is 12.5 Å². The average Bonchev–Trinajstić information content (AvgIpc) is 2.80. The lowest BCUT2D eigenvalue weighted by Crippen LogP contribution is -2.26. The van der Waals surface area contributed by atoms with E-state index in [2.05, 4.69) is 45.4 Å². The maximum Gasteiger partial charge on any atom is 0.140 e. The van der Waals surface area contributed by atoms with Crippen molar-refractivity contribution in [3.05, 3.63) is 17.5 Å². The zero-order valence-electron chi connectivity index (χ0n) is 15.8. The number of unbranched alkanes of at least 4 members (excludes halogenated alkanes) is 5. The Hall–Kier alpha value is -0.920. The predicted octanol–water partition coefficient (Wildman–Crippen LogP) is 6.15. The molecule has 1 aromatic heterocycles. The van der Waals surface area contributed by atoms with Gasteiger partial charge >= 0.3 is 0 Å². The number of rotatable bonds is 11. The summed E-state index contributed by atoms with van der Waals surface area (Å²) in [5.41, 5.74) is 2.93. The van der Waals surface area contributed by atoms with Gasteiger partial charge in [0.2, 0.25) is 0 Å². The Labute approximate surface area is 138 Å². The predicted molar refractivity (Wildman–Crippen MR) is 97.0 cm³/mol. The summed E-state index contributed by atoms with van der Waals surface area (Å²) < 4.78 is 8.06. The molecule has 1 aromatic rings. The quantitative estimate of drug-likeness (QED) is 0.447. The summed E-state index contributed by atoms with van der Waals surface area (Å²) in [5, 5.41) is 0. The molecule has 0 aromatic carbocycles. The van der Waals surface area contributed by atoms with Gasteiger partial charge in [-0.05, 0) is 19.8 Å². The SMILES string of the molecule is CCCCCCC(C)(CCCCC)c1c(OC)cc(C)n1C. The second-order valence-corrected chi connectivity index (χ2v) is 7.09. The van der Waals surface area contributed by atoms with Gasteiger partial charge in [0.05, 0.1) is 12.8 Å². The van der Waals surface area contributed by atoms with E-state index in [1.54, 1.807) is 0 Å². The fraction of sp³-hybridized carbons (Fsp3) is 0.800. The fourth-order valence-electron chi connectivity index (χ4n) is 3.62. The first-order chi connectivity index (χ1) is 10.5. The molecule has 1 unspecified atom stereocenters. The zero-order chi connectivity index (χ0) is 16.6. The van der Waals surface area contributed by atoms with Gasteiger partial charge < -0.3 is 9.30 Å². The molecule has 0 aliphatic rings. The lowest BCUT2D eigenvalue weighted by atomic mass is 9.76. The summed E-state index contributed by atoms with van der Waals surface area (Å²) in [4.78, 5) is 0. The number of aryl methyl sites for hydroxylation is 1. The molecular formula is C20H37NO. The summed E-state index contributed by atoms with van der Waals surface area (Å²) in [6, 6.07) is 2.19. The van der Waals surface area contributed by atoms with Crippen molar-refractivity contribution in [2.45, 2.75) is 90.9 Å². The minimum absolute atomic E-state index is 0.233. The maximum absolute atomic E-state index is 5.71. The molecule has 2 nitrogen and oxygen atoms in total. The molecule has 128 valence electrons. The minimum atomic E-state index is 0.233. The smallest absolute Gasteiger partial charge is 0.140 e. The summed E-state index contributed by atoms with van der Waals surface area (Å²) in [6.07, 6.45) is 11.8. The highest BCUT2D eigenvalue weighted by molar-refractivity contribution is 5.39. The van der Waals surface area contributed by atoms with Crippen LogP contribution in [0, 0.1) is 6.92 Å². The highest BCUT2D eigenvalue weighted by Gasteiger charge is 2.32. The van der Waals surface area contributed by atoms with Crippen LogP contribution in [0.3, 0.4) is 0 Å². The molecule has 0 fully saturated rings. The van der Waals surface area contributed by atoms with Crippen molar-refractivity contribution >= 4 is 0 Å². The molecule has 0 saturated heterocycles. The van der Waals surface area contributed by atoms with Gasteiger partial charge in [0, 0.05) is 24.2 Å². The van der Waals surface area contributed by atoms with Gasteiger partial charge in [0.15, 0.2) is 0 Å². The molecule has 0 radical (unpaired) electrons. The first-order valence-electron chi connectivity index (χ1n) is 9.21. The van der Waals surface area contributed by atoms with Crippen molar-refractivity contribution < 1.29 is 4.74 Å². The van der Waals surface area contributed by atoms with E-state index in [-0.39, 0.29) is 5.41 Å². The molecule has 0 aliphatic carbocycles. The highest BCUT2D eigenvalue weighted by Crippen LogP contribution is 2.41. The van der Waals surface area contributed by atoms with E-state index in [9.17, 15) is 0 Å². The van der Waals surface area contributed by atoms with Crippen LogP contribution in [-0.4, -0.2) is 11.7 Å². The van der Waals surface area contributed by atoms with Gasteiger partial charge in [0.25, 0.3) is 0 Å². The number of aromatic nitrogens is 1. The standard InChI is InChI=1S/C20H37NO/c1-7-9-11-13-15-20(4,14-12-10-8-2)19-18(22-6)16-17(3)21(19)5/h16H,7-15H2,1-6H3. The van der Waals surface area contributed by atoms with E-state index in [1.165, 1.54) is 69.2 Å². The molecule has 1 rings (SSSR count). The summed E-state index contributed by atoms with van der Waals surface area (Å²) in [7, 11) is 4.00. The Morgan fingerprint density at radius 1 is 1.00 bits per heavy atom. The molecule has 22 heavy (non-hydrogen) atoms. The molecular weight excluding hydrogens is 270 g/mol. The van der Waals surface area contributed by atoms with Crippen LogP contribution < -0.4 is 4.74 Å². The van der Waals surface area contributed by atoms with Crippen LogP contribution in [0.4, 0.5) is 0 Å². The van der Waals surface area contributed by atoms with Crippen LogP contribution in [0.15, 0.2) is 6.07 Å². The van der Waals surface area contributed by atoms with Crippen LogP contribution in [0.1, 0.15) is 89.9 Å². The average molecular weight is 308 g/mol. The van der Waals surface area contributed by atoms with Crippen LogP contribution >= 0.6 is 0 Å². The molecule has 0 saturated carbocycles. The Kier molecular flexibility index (Phi) is 8.06. The second kappa shape index (κ2) is 9.27. The first kappa shape index (κ1) is 19.1. The van der Waals surface area contributed by atoms with Crippen LogP contribution in [0.5, 0.6) is 5.75 Å². The Morgan fingerprint density at radius 3 is 2.09 bits per heavy atom. The Morgan fingerprint density at radius 2 is 1.55 bits per heavy atom. The van der Waals surface area contributed by atoms with Crippen molar-refractivity contribution in [1.82, 2.24) is 4.57 Å². The van der Waals surface area contributed by atoms with E-state index in [1.807, 2.05) is 7.11 Å². The topological polar surface area (TPSA) is 14.2 Å². The van der Waals surface area contributed by atoms with Crippen LogP contribution in [0.25, 0.3) is 0 Å². The number of methoxy groups -OCH3 is 1. The van der Waals surface area contributed by atoms with Crippen molar-refractivity contribution in [3.63, 3.8) is 0 Å². The molecule has 0 spiro atoms. The molecule has 0 aliphatic heterocycles. The van der Waals surface area contributed by atoms with Gasteiger partial charge in [-0.25, -0.2) is 0 Å². The lowest BCUT2D eigenvalue weighted by molar-refractivity contribution is 0.324. The van der Waals surface area contributed by atoms with Crippen molar-refractivity contribution in [3.8, 4) is 5.75 Å². The number of hydrogen-bond donors (Lipinski definition) is 0. The Balaban J connectivity index is 2.97. The zero-order valence-corrected chi connectivity index (χ0v) is 15.8. The van der Waals surface area contributed by atoms with E-state index in [0.29, 0.717) is 0 Å². The second-order valence-electron chi connectivity index (χ2n) is 7.09. The van der Waals surface area contributed by atoms with E-state index >= 15 is 0 Å². The monoisotopic (exact) mass is 307 g/mol. The molecule has 0 N–H and O–H groups in total. The first-order valence-corrected chi connectivity index (χ1v) is 9.21. The summed E-state index contributed by atoms with van der Waals surface area (Å²) in [6.45, 7) is 9.19. The highest BCUT2D eigenvalue weighted by atomic mass is 16.5. The van der Waals surface area contributed by atoms with E-state index in [4.69, 9.17) is 4.74 Å². The third-order valence-electron chi connectivity index (χ3n) is 5.14. The third kappa shape index (κ3) is 4.79. The fourth-order valence-corrected chi connectivity index (χ4v) is 3.62. The molecule has 1 heterocycles. The van der Waals surface area contributed by atoms with Gasteiger partial charge in [-0.1, -0.05) is 65.7 Å². The van der Waals surface area contributed by atoms with Crippen molar-refractivity contribution in [2.75, 3.05) is 7.11 Å². The van der Waals surface area contributed by atoms with Crippen LogP contribution in [0.2, 0.25) is 0 Å². The van der Waals surface area contributed by atoms with Crippen molar-refractivity contribution in [1.29, 1.82) is 0 Å². The van der Waals surface area contributed by atoms with Gasteiger partial charge in [0.1, 0.15) is 5.75 Å². The summed E-state index contributed by atoms with van der Waals surface area (Å²) in [5.74, 6) is 1.08. The van der Waals surface area contributed by atoms with E-state index in [0.717, 1.165) is 5.75 Å². The molecule has 0 bridgehead atoms. The normalized spacial score (nSPS) is 14.1. The molecule has 0 amide bonds. The van der Waals surface area contributed by atoms with Crippen molar-refractivity contribution in [2.24, 2.45) is 7.05 Å². The van der Waals surface area contributed by atoms with Gasteiger partial charge in [-0.2, -0.15) is 0 Å². The molecule has 1 atom stereocenters. The number of ether oxygens (including phenoxy) is 1. The number of nitrogens with zero attached hydrogens (tertiary/aromatic N) is 1.